The molecule has 1 aliphatic rings. The summed E-state index contributed by atoms with van der Waals surface area (Å²) in [6, 6.07) is 1.78. The number of rotatable bonds is 3. The van der Waals surface area contributed by atoms with Crippen LogP contribution in [0.2, 0.25) is 0 Å². The van der Waals surface area contributed by atoms with Crippen LogP contribution >= 0.6 is 0 Å². The Morgan fingerprint density at radius 2 is 2.14 bits per heavy atom. The summed E-state index contributed by atoms with van der Waals surface area (Å²) in [5, 5.41) is 5.38. The van der Waals surface area contributed by atoms with Gasteiger partial charge in [0.1, 0.15) is 12.1 Å². The van der Waals surface area contributed by atoms with E-state index in [1.54, 1.807) is 18.6 Å². The SMILES string of the molecule is CC1CCC(NC(=O)CC(F)(F)F)CN1c1cncc2cnc3[nH]ccc3c12. The van der Waals surface area contributed by atoms with Crippen molar-refractivity contribution in [3.63, 3.8) is 0 Å². The molecule has 1 amide bonds. The predicted octanol–water partition coefficient (Wildman–Crippen LogP) is 3.54. The second-order valence-electron chi connectivity index (χ2n) is 7.26. The van der Waals surface area contributed by atoms with Crippen LogP contribution in [0.15, 0.2) is 30.9 Å². The average molecular weight is 391 g/mol. The second-order valence-corrected chi connectivity index (χ2v) is 7.26. The van der Waals surface area contributed by atoms with Crippen LogP contribution in [-0.2, 0) is 4.79 Å². The van der Waals surface area contributed by atoms with Crippen LogP contribution in [-0.4, -0.2) is 45.7 Å². The highest BCUT2D eigenvalue weighted by molar-refractivity contribution is 6.11. The van der Waals surface area contributed by atoms with Crippen molar-refractivity contribution in [3.05, 3.63) is 30.9 Å². The summed E-state index contributed by atoms with van der Waals surface area (Å²) in [7, 11) is 0. The number of anilines is 1. The summed E-state index contributed by atoms with van der Waals surface area (Å²) in [4.78, 5) is 25.6. The zero-order valence-electron chi connectivity index (χ0n) is 15.3. The minimum atomic E-state index is -4.50. The number of nitrogens with zero attached hydrogens (tertiary/aromatic N) is 3. The lowest BCUT2D eigenvalue weighted by Crippen LogP contribution is -2.51. The quantitative estimate of drug-likeness (QED) is 0.716. The van der Waals surface area contributed by atoms with E-state index in [4.69, 9.17) is 0 Å². The number of amides is 1. The van der Waals surface area contributed by atoms with Crippen molar-refractivity contribution >= 4 is 33.4 Å². The molecule has 4 rings (SSSR count). The van der Waals surface area contributed by atoms with Gasteiger partial charge in [0, 0.05) is 53.4 Å². The fraction of sp³-hybridized carbons (Fsp3) is 0.421. The number of halogens is 3. The molecule has 148 valence electrons. The lowest BCUT2D eigenvalue weighted by atomic mass is 9.97. The molecule has 2 unspecified atom stereocenters. The van der Waals surface area contributed by atoms with Gasteiger partial charge in [-0.15, -0.1) is 0 Å². The standard InChI is InChI=1S/C19H20F3N5O/c1-11-2-3-13(26-16(28)6-19(20,21)22)10-27(11)15-9-23-7-12-8-25-18-14(17(12)15)4-5-24-18/h4-5,7-9,11,13H,2-3,6,10H2,1H3,(H,24,25)(H,26,28). The third-order valence-electron chi connectivity index (χ3n) is 5.20. The number of carbonyl (C=O) groups excluding carboxylic acids is 1. The summed E-state index contributed by atoms with van der Waals surface area (Å²) < 4.78 is 37.4. The first-order valence-electron chi connectivity index (χ1n) is 9.14. The zero-order chi connectivity index (χ0) is 19.9. The Bertz CT molecular complexity index is 1020. The van der Waals surface area contributed by atoms with Gasteiger partial charge in [0.25, 0.3) is 0 Å². The van der Waals surface area contributed by atoms with E-state index in [-0.39, 0.29) is 12.1 Å². The molecule has 1 saturated heterocycles. The molecule has 2 N–H and O–H groups in total. The fourth-order valence-corrected chi connectivity index (χ4v) is 3.90. The lowest BCUT2D eigenvalue weighted by molar-refractivity contribution is -0.154. The largest absolute Gasteiger partial charge is 0.397 e. The van der Waals surface area contributed by atoms with E-state index in [9.17, 15) is 18.0 Å². The highest BCUT2D eigenvalue weighted by Gasteiger charge is 2.34. The van der Waals surface area contributed by atoms with Crippen LogP contribution in [0, 0.1) is 0 Å². The average Bonchev–Trinajstić information content (AvgIpc) is 3.10. The first-order valence-corrected chi connectivity index (χ1v) is 9.14. The van der Waals surface area contributed by atoms with Crippen molar-refractivity contribution in [3.8, 4) is 0 Å². The van der Waals surface area contributed by atoms with Crippen molar-refractivity contribution in [2.45, 2.75) is 44.4 Å². The number of fused-ring (bicyclic) bond motifs is 3. The van der Waals surface area contributed by atoms with Gasteiger partial charge in [-0.2, -0.15) is 13.2 Å². The van der Waals surface area contributed by atoms with Gasteiger partial charge in [-0.3, -0.25) is 9.78 Å². The molecule has 3 aromatic heterocycles. The first kappa shape index (κ1) is 18.5. The zero-order valence-corrected chi connectivity index (χ0v) is 15.3. The molecule has 6 nitrogen and oxygen atoms in total. The summed E-state index contributed by atoms with van der Waals surface area (Å²) in [6.07, 6.45) is 2.53. The number of aromatic nitrogens is 3. The molecule has 0 saturated carbocycles. The van der Waals surface area contributed by atoms with Gasteiger partial charge in [0.15, 0.2) is 0 Å². The number of hydrogen-bond donors (Lipinski definition) is 2. The topological polar surface area (TPSA) is 73.9 Å². The van der Waals surface area contributed by atoms with Crippen LogP contribution in [0.1, 0.15) is 26.2 Å². The minimum absolute atomic E-state index is 0.172. The van der Waals surface area contributed by atoms with E-state index in [0.717, 1.165) is 33.9 Å². The van der Waals surface area contributed by atoms with Crippen LogP contribution in [0.25, 0.3) is 21.8 Å². The Morgan fingerprint density at radius 1 is 1.32 bits per heavy atom. The van der Waals surface area contributed by atoms with E-state index in [0.29, 0.717) is 13.0 Å². The van der Waals surface area contributed by atoms with Gasteiger partial charge in [0.2, 0.25) is 5.91 Å². The highest BCUT2D eigenvalue weighted by atomic mass is 19.4. The van der Waals surface area contributed by atoms with Crippen LogP contribution in [0.3, 0.4) is 0 Å². The van der Waals surface area contributed by atoms with E-state index in [1.165, 1.54) is 0 Å². The number of nitrogens with one attached hydrogen (secondary N) is 2. The molecule has 28 heavy (non-hydrogen) atoms. The van der Waals surface area contributed by atoms with Gasteiger partial charge >= 0.3 is 6.18 Å². The van der Waals surface area contributed by atoms with E-state index in [2.05, 4.69) is 32.1 Å². The van der Waals surface area contributed by atoms with Crippen molar-refractivity contribution in [1.29, 1.82) is 0 Å². The molecule has 2 atom stereocenters. The van der Waals surface area contributed by atoms with E-state index >= 15 is 0 Å². The van der Waals surface area contributed by atoms with Gasteiger partial charge in [-0.1, -0.05) is 0 Å². The molecule has 0 bridgehead atoms. The van der Waals surface area contributed by atoms with Gasteiger partial charge in [-0.05, 0) is 25.8 Å². The molecule has 1 fully saturated rings. The molecule has 4 heterocycles. The van der Waals surface area contributed by atoms with Crippen molar-refractivity contribution in [2.24, 2.45) is 0 Å². The number of aromatic amines is 1. The molecular formula is C19H20F3N5O. The molecule has 0 aliphatic carbocycles. The molecule has 0 radical (unpaired) electrons. The molecule has 3 aromatic rings. The maximum atomic E-state index is 12.5. The monoisotopic (exact) mass is 391 g/mol. The van der Waals surface area contributed by atoms with Crippen LogP contribution in [0.5, 0.6) is 0 Å². The Balaban J connectivity index is 1.64. The van der Waals surface area contributed by atoms with Crippen molar-refractivity contribution in [1.82, 2.24) is 20.3 Å². The smallest absolute Gasteiger partial charge is 0.365 e. The van der Waals surface area contributed by atoms with Crippen LogP contribution in [0.4, 0.5) is 18.9 Å². The Labute approximate surface area is 159 Å². The summed E-state index contributed by atoms with van der Waals surface area (Å²) >= 11 is 0. The van der Waals surface area contributed by atoms with Crippen LogP contribution < -0.4 is 10.2 Å². The normalized spacial score (nSPS) is 20.6. The van der Waals surface area contributed by atoms with Crippen molar-refractivity contribution < 1.29 is 18.0 Å². The van der Waals surface area contributed by atoms with E-state index in [1.807, 2.05) is 12.3 Å². The Kier molecular flexibility index (Phi) is 4.60. The maximum absolute atomic E-state index is 12.5. The lowest BCUT2D eigenvalue weighted by Gasteiger charge is -2.40. The second kappa shape index (κ2) is 6.96. The van der Waals surface area contributed by atoms with E-state index < -0.39 is 18.5 Å². The molecule has 0 spiro atoms. The Morgan fingerprint density at radius 3 is 2.93 bits per heavy atom. The number of alkyl halides is 3. The van der Waals surface area contributed by atoms with Crippen molar-refractivity contribution in [2.75, 3.05) is 11.4 Å². The summed E-state index contributed by atoms with van der Waals surface area (Å²) in [6.45, 7) is 2.50. The number of H-pyrrole nitrogens is 1. The number of carbonyl (C=O) groups is 1. The maximum Gasteiger partial charge on any atom is 0.397 e. The predicted molar refractivity (Wildman–Crippen MR) is 100 cm³/mol. The van der Waals surface area contributed by atoms with Gasteiger partial charge in [-0.25, -0.2) is 4.98 Å². The summed E-state index contributed by atoms with van der Waals surface area (Å²) in [5.41, 5.74) is 1.66. The third-order valence-corrected chi connectivity index (χ3v) is 5.20. The fourth-order valence-electron chi connectivity index (χ4n) is 3.90. The molecule has 9 heteroatoms. The minimum Gasteiger partial charge on any atom is -0.365 e. The third kappa shape index (κ3) is 3.61. The van der Waals surface area contributed by atoms with Gasteiger partial charge in [0.05, 0.1) is 11.9 Å². The number of hydrogen-bond acceptors (Lipinski definition) is 4. The molecular weight excluding hydrogens is 371 g/mol. The summed E-state index contributed by atoms with van der Waals surface area (Å²) in [5.74, 6) is -0.986. The highest BCUT2D eigenvalue weighted by Crippen LogP contribution is 2.34. The Hall–Kier alpha value is -2.84. The molecule has 0 aromatic carbocycles. The number of piperidine rings is 1. The number of pyridine rings is 2. The van der Waals surface area contributed by atoms with Gasteiger partial charge < -0.3 is 15.2 Å². The first-order chi connectivity index (χ1) is 13.3. The molecule has 1 aliphatic heterocycles.